The molecule has 2 aliphatic carbocycles. The lowest BCUT2D eigenvalue weighted by atomic mass is 9.90. The Balaban J connectivity index is 1.66. The van der Waals surface area contributed by atoms with E-state index in [0.29, 0.717) is 6.42 Å². The van der Waals surface area contributed by atoms with Crippen LogP contribution in [0.2, 0.25) is 0 Å². The van der Waals surface area contributed by atoms with E-state index >= 15 is 0 Å². The van der Waals surface area contributed by atoms with Gasteiger partial charge in [-0.2, -0.15) is 5.10 Å². The third kappa shape index (κ3) is 3.06. The molecule has 112 valence electrons. The molecule has 0 unspecified atom stereocenters. The first-order valence-electron chi connectivity index (χ1n) is 7.65. The molecule has 0 aliphatic heterocycles. The zero-order chi connectivity index (χ0) is 14.8. The Bertz CT molecular complexity index is 633. The first kappa shape index (κ1) is 14.0. The maximum Gasteiger partial charge on any atom is 0.266 e. The zero-order valence-electron chi connectivity index (χ0n) is 12.3. The van der Waals surface area contributed by atoms with Gasteiger partial charge in [0.15, 0.2) is 0 Å². The highest BCUT2D eigenvalue weighted by molar-refractivity contribution is 5.79. The third-order valence-corrected chi connectivity index (χ3v) is 4.44. The molecule has 1 aromatic heterocycles. The van der Waals surface area contributed by atoms with Crippen LogP contribution in [0.4, 0.5) is 0 Å². The van der Waals surface area contributed by atoms with Crippen molar-refractivity contribution in [2.45, 2.75) is 44.6 Å². The topological polar surface area (TPSA) is 64.0 Å². The second-order valence-corrected chi connectivity index (χ2v) is 6.01. The molecule has 3 rings (SSSR count). The van der Waals surface area contributed by atoms with E-state index in [2.05, 4.69) is 22.6 Å². The van der Waals surface area contributed by atoms with E-state index < -0.39 is 0 Å². The van der Waals surface area contributed by atoms with Crippen molar-refractivity contribution in [1.82, 2.24) is 15.1 Å². The van der Waals surface area contributed by atoms with Gasteiger partial charge in [-0.25, -0.2) is 4.68 Å². The standard InChI is InChI=1S/C16H21N3O2/c1-19-15(20)10-12-9-13(7-8-14(12)18-19)17-16(21)11-5-3-2-4-6-11/h2-3,10-11,13H,4-9H2,1H3,(H,17,21)/t11-,13+/m1/s1. The van der Waals surface area contributed by atoms with Crippen molar-refractivity contribution in [3.05, 3.63) is 39.8 Å². The average molecular weight is 287 g/mol. The van der Waals surface area contributed by atoms with E-state index in [1.807, 2.05) is 0 Å². The van der Waals surface area contributed by atoms with Gasteiger partial charge in [0.25, 0.3) is 5.56 Å². The highest BCUT2D eigenvalue weighted by atomic mass is 16.2. The first-order valence-corrected chi connectivity index (χ1v) is 7.65. The Morgan fingerprint density at radius 2 is 2.24 bits per heavy atom. The van der Waals surface area contributed by atoms with Crippen LogP contribution >= 0.6 is 0 Å². The molecular weight excluding hydrogens is 266 g/mol. The summed E-state index contributed by atoms with van der Waals surface area (Å²) in [5.74, 6) is 0.266. The van der Waals surface area contributed by atoms with Gasteiger partial charge >= 0.3 is 0 Å². The van der Waals surface area contributed by atoms with E-state index in [1.165, 1.54) is 4.68 Å². The van der Waals surface area contributed by atoms with Gasteiger partial charge in [0.1, 0.15) is 0 Å². The molecule has 0 saturated carbocycles. The van der Waals surface area contributed by atoms with E-state index in [1.54, 1.807) is 13.1 Å². The summed E-state index contributed by atoms with van der Waals surface area (Å²) in [6, 6.07) is 1.79. The summed E-state index contributed by atoms with van der Waals surface area (Å²) < 4.78 is 1.38. The predicted octanol–water partition coefficient (Wildman–Crippen LogP) is 1.11. The molecular formula is C16H21N3O2. The van der Waals surface area contributed by atoms with Crippen molar-refractivity contribution < 1.29 is 4.79 Å². The molecule has 5 nitrogen and oxygen atoms in total. The summed E-state index contributed by atoms with van der Waals surface area (Å²) in [5.41, 5.74) is 1.89. The number of hydrogen-bond donors (Lipinski definition) is 1. The lowest BCUT2D eigenvalue weighted by Crippen LogP contribution is -2.43. The second kappa shape index (κ2) is 5.84. The maximum atomic E-state index is 12.3. The number of nitrogens with zero attached hydrogens (tertiary/aromatic N) is 2. The van der Waals surface area contributed by atoms with Gasteiger partial charge in [0, 0.05) is 25.1 Å². The molecule has 21 heavy (non-hydrogen) atoms. The van der Waals surface area contributed by atoms with E-state index in [-0.39, 0.29) is 23.4 Å². The summed E-state index contributed by atoms with van der Waals surface area (Å²) >= 11 is 0. The highest BCUT2D eigenvalue weighted by Crippen LogP contribution is 2.21. The Morgan fingerprint density at radius 1 is 1.38 bits per heavy atom. The van der Waals surface area contributed by atoms with Crippen LogP contribution in [0, 0.1) is 5.92 Å². The number of amides is 1. The Hall–Kier alpha value is -1.91. The van der Waals surface area contributed by atoms with Gasteiger partial charge in [-0.15, -0.1) is 0 Å². The van der Waals surface area contributed by atoms with Crippen LogP contribution in [0.3, 0.4) is 0 Å². The van der Waals surface area contributed by atoms with Gasteiger partial charge in [-0.3, -0.25) is 9.59 Å². The van der Waals surface area contributed by atoms with E-state index in [9.17, 15) is 9.59 Å². The van der Waals surface area contributed by atoms with Crippen LogP contribution in [-0.4, -0.2) is 21.7 Å². The summed E-state index contributed by atoms with van der Waals surface area (Å²) in [6.07, 6.45) is 9.44. The van der Waals surface area contributed by atoms with Crippen molar-refractivity contribution in [3.8, 4) is 0 Å². The van der Waals surface area contributed by atoms with Crippen LogP contribution in [0.25, 0.3) is 0 Å². The number of rotatable bonds is 2. The van der Waals surface area contributed by atoms with Gasteiger partial charge in [0.05, 0.1) is 5.69 Å². The SMILES string of the molecule is Cn1nc2c(cc1=O)C[C@@H](NC(=O)[C@@H]1CC=CCC1)CC2. The molecule has 2 atom stereocenters. The Morgan fingerprint density at radius 3 is 3.00 bits per heavy atom. The number of nitrogens with one attached hydrogen (secondary N) is 1. The molecule has 1 aromatic rings. The van der Waals surface area contributed by atoms with Crippen LogP contribution < -0.4 is 10.9 Å². The minimum atomic E-state index is -0.0851. The van der Waals surface area contributed by atoms with Crippen LogP contribution in [0.1, 0.15) is 36.9 Å². The molecule has 1 amide bonds. The van der Waals surface area contributed by atoms with Gasteiger partial charge in [-0.1, -0.05) is 12.2 Å². The van der Waals surface area contributed by atoms with E-state index in [0.717, 1.165) is 43.4 Å². The first-order chi connectivity index (χ1) is 10.1. The lowest BCUT2D eigenvalue weighted by molar-refractivity contribution is -0.126. The van der Waals surface area contributed by atoms with Crippen LogP contribution in [0.15, 0.2) is 23.0 Å². The summed E-state index contributed by atoms with van der Waals surface area (Å²) in [7, 11) is 1.67. The fourth-order valence-corrected chi connectivity index (χ4v) is 3.16. The van der Waals surface area contributed by atoms with Crippen LogP contribution in [-0.2, 0) is 24.7 Å². The molecule has 0 aromatic carbocycles. The molecule has 0 bridgehead atoms. The number of carbonyl (C=O) groups is 1. The molecule has 0 saturated heterocycles. The Kier molecular flexibility index (Phi) is 3.90. The number of allylic oxidation sites excluding steroid dienone is 2. The fraction of sp³-hybridized carbons (Fsp3) is 0.562. The predicted molar refractivity (Wildman–Crippen MR) is 79.9 cm³/mol. The molecule has 1 N–H and O–H groups in total. The minimum Gasteiger partial charge on any atom is -0.353 e. The average Bonchev–Trinajstić information content (AvgIpc) is 2.49. The second-order valence-electron chi connectivity index (χ2n) is 6.01. The van der Waals surface area contributed by atoms with Gasteiger partial charge in [0.2, 0.25) is 5.91 Å². The lowest BCUT2D eigenvalue weighted by Gasteiger charge is -2.27. The van der Waals surface area contributed by atoms with Gasteiger partial charge < -0.3 is 5.32 Å². The molecule has 0 spiro atoms. The Labute approximate surface area is 124 Å². The summed E-state index contributed by atoms with van der Waals surface area (Å²) in [5, 5.41) is 7.45. The smallest absolute Gasteiger partial charge is 0.266 e. The largest absolute Gasteiger partial charge is 0.353 e. The molecule has 1 heterocycles. The normalized spacial score (nSPS) is 24.4. The number of hydrogen-bond acceptors (Lipinski definition) is 3. The number of aryl methyl sites for hydroxylation is 2. The van der Waals surface area contributed by atoms with Crippen molar-refractivity contribution in [1.29, 1.82) is 0 Å². The van der Waals surface area contributed by atoms with Crippen molar-refractivity contribution in [2.75, 3.05) is 0 Å². The zero-order valence-corrected chi connectivity index (χ0v) is 12.3. The molecule has 0 radical (unpaired) electrons. The number of fused-ring (bicyclic) bond motifs is 1. The summed E-state index contributed by atoms with van der Waals surface area (Å²) in [6.45, 7) is 0. The molecule has 0 fully saturated rings. The fourth-order valence-electron chi connectivity index (χ4n) is 3.16. The minimum absolute atomic E-state index is 0.0851. The number of carbonyl (C=O) groups excluding carboxylic acids is 1. The third-order valence-electron chi connectivity index (χ3n) is 4.44. The highest BCUT2D eigenvalue weighted by Gasteiger charge is 2.25. The van der Waals surface area contributed by atoms with Crippen LogP contribution in [0.5, 0.6) is 0 Å². The summed E-state index contributed by atoms with van der Waals surface area (Å²) in [4.78, 5) is 23.9. The number of aromatic nitrogens is 2. The quantitative estimate of drug-likeness (QED) is 0.829. The molecule has 2 aliphatic rings. The van der Waals surface area contributed by atoms with Crippen molar-refractivity contribution in [2.24, 2.45) is 13.0 Å². The van der Waals surface area contributed by atoms with Crippen molar-refractivity contribution in [3.63, 3.8) is 0 Å². The maximum absolute atomic E-state index is 12.3. The monoisotopic (exact) mass is 287 g/mol. The van der Waals surface area contributed by atoms with E-state index in [4.69, 9.17) is 0 Å². The van der Waals surface area contributed by atoms with Gasteiger partial charge in [-0.05, 0) is 44.1 Å². The molecule has 5 heteroatoms. The van der Waals surface area contributed by atoms with Crippen molar-refractivity contribution >= 4 is 5.91 Å².